The number of hydrogen-bond acceptors (Lipinski definition) is 5. The highest BCUT2D eigenvalue weighted by Crippen LogP contribution is 2.33. The van der Waals surface area contributed by atoms with Crippen molar-refractivity contribution in [3.05, 3.63) is 39.0 Å². The van der Waals surface area contributed by atoms with E-state index in [1.54, 1.807) is 6.07 Å². The number of esters is 2. The van der Waals surface area contributed by atoms with Crippen LogP contribution in [-0.2, 0) is 19.1 Å². The lowest BCUT2D eigenvalue weighted by atomic mass is 10.2. The number of halogens is 2. The summed E-state index contributed by atoms with van der Waals surface area (Å²) in [5.41, 5.74) is 1.33. The molecule has 0 unspecified atom stereocenters. The molecule has 7 heteroatoms. The summed E-state index contributed by atoms with van der Waals surface area (Å²) in [7, 11) is 2.42. The van der Waals surface area contributed by atoms with E-state index in [0.29, 0.717) is 15.2 Å². The Labute approximate surface area is 130 Å². The van der Waals surface area contributed by atoms with Crippen LogP contribution < -0.4 is 5.32 Å². The zero-order valence-corrected chi connectivity index (χ0v) is 13.5. The third kappa shape index (κ3) is 4.25. The normalized spacial score (nSPS) is 10.9. The van der Waals surface area contributed by atoms with Crippen molar-refractivity contribution < 1.29 is 19.1 Å². The minimum Gasteiger partial charge on any atom is -0.466 e. The van der Waals surface area contributed by atoms with Crippen molar-refractivity contribution in [2.45, 2.75) is 6.92 Å². The van der Waals surface area contributed by atoms with Crippen LogP contribution in [0.1, 0.15) is 5.56 Å². The van der Waals surface area contributed by atoms with Gasteiger partial charge in [-0.2, -0.15) is 0 Å². The zero-order chi connectivity index (χ0) is 15.3. The predicted octanol–water partition coefficient (Wildman–Crippen LogP) is 3.05. The molecular weight excluding hydrogens is 350 g/mol. The smallest absolute Gasteiger partial charge is 0.354 e. The Kier molecular flexibility index (Phi) is 6.04. The van der Waals surface area contributed by atoms with Gasteiger partial charge >= 0.3 is 11.9 Å². The molecule has 0 aromatic heterocycles. The first-order valence-corrected chi connectivity index (χ1v) is 6.66. The lowest BCUT2D eigenvalue weighted by molar-refractivity contribution is -0.138. The van der Waals surface area contributed by atoms with E-state index in [1.807, 2.05) is 13.0 Å². The summed E-state index contributed by atoms with van der Waals surface area (Å²) in [6.45, 7) is 1.88. The van der Waals surface area contributed by atoms with E-state index in [2.05, 4.69) is 30.7 Å². The van der Waals surface area contributed by atoms with Crippen LogP contribution in [0.25, 0.3) is 0 Å². The topological polar surface area (TPSA) is 64.6 Å². The van der Waals surface area contributed by atoms with Crippen molar-refractivity contribution in [1.29, 1.82) is 0 Å². The minimum absolute atomic E-state index is 0.0780. The fourth-order valence-corrected chi connectivity index (χ4v) is 2.50. The molecule has 0 fully saturated rings. The molecular formula is C13H13BrClNO4. The first-order valence-electron chi connectivity index (χ1n) is 5.49. The second-order valence-electron chi connectivity index (χ2n) is 3.80. The molecule has 0 aliphatic carbocycles. The molecule has 0 saturated carbocycles. The average molecular weight is 363 g/mol. The molecule has 0 bridgehead atoms. The molecule has 0 atom stereocenters. The van der Waals surface area contributed by atoms with Gasteiger partial charge in [-0.05, 0) is 40.5 Å². The lowest BCUT2D eigenvalue weighted by Crippen LogP contribution is -2.16. The van der Waals surface area contributed by atoms with Gasteiger partial charge in [0.05, 0.1) is 31.0 Å². The first-order chi connectivity index (χ1) is 9.38. The number of methoxy groups -OCH3 is 2. The van der Waals surface area contributed by atoms with E-state index in [-0.39, 0.29) is 5.70 Å². The predicted molar refractivity (Wildman–Crippen MR) is 79.6 cm³/mol. The monoisotopic (exact) mass is 361 g/mol. The molecule has 1 N–H and O–H groups in total. The molecule has 0 aliphatic heterocycles. The Morgan fingerprint density at radius 2 is 1.95 bits per heavy atom. The summed E-state index contributed by atoms with van der Waals surface area (Å²) in [6.07, 6.45) is 0.995. The molecule has 1 rings (SSSR count). The summed E-state index contributed by atoms with van der Waals surface area (Å²) in [5.74, 6) is -1.39. The van der Waals surface area contributed by atoms with Crippen molar-refractivity contribution in [2.75, 3.05) is 19.5 Å². The van der Waals surface area contributed by atoms with Crippen LogP contribution in [0.15, 0.2) is 28.4 Å². The number of hydrogen-bond donors (Lipinski definition) is 1. The number of carbonyl (C=O) groups excluding carboxylic acids is 2. The van der Waals surface area contributed by atoms with Gasteiger partial charge in [-0.25, -0.2) is 9.59 Å². The van der Waals surface area contributed by atoms with Crippen molar-refractivity contribution in [3.8, 4) is 0 Å². The van der Waals surface area contributed by atoms with Gasteiger partial charge in [-0.3, -0.25) is 0 Å². The van der Waals surface area contributed by atoms with Crippen molar-refractivity contribution in [2.24, 2.45) is 0 Å². The van der Waals surface area contributed by atoms with E-state index < -0.39 is 11.9 Å². The van der Waals surface area contributed by atoms with Crippen molar-refractivity contribution in [3.63, 3.8) is 0 Å². The Morgan fingerprint density at radius 1 is 1.30 bits per heavy atom. The van der Waals surface area contributed by atoms with Gasteiger partial charge in [0.25, 0.3) is 0 Å². The van der Waals surface area contributed by atoms with Gasteiger partial charge in [0.15, 0.2) is 0 Å². The maximum Gasteiger partial charge on any atom is 0.354 e. The summed E-state index contributed by atoms with van der Waals surface area (Å²) < 4.78 is 9.74. The Bertz CT molecular complexity index is 548. The van der Waals surface area contributed by atoms with Crippen molar-refractivity contribution >= 4 is 45.2 Å². The van der Waals surface area contributed by atoms with Gasteiger partial charge in [0.2, 0.25) is 0 Å². The van der Waals surface area contributed by atoms with E-state index in [4.69, 9.17) is 11.6 Å². The summed E-state index contributed by atoms with van der Waals surface area (Å²) in [6, 6.07) is 3.54. The largest absolute Gasteiger partial charge is 0.466 e. The Balaban J connectivity index is 3.17. The van der Waals surface area contributed by atoms with Gasteiger partial charge < -0.3 is 14.8 Å². The number of aryl methyl sites for hydroxylation is 1. The number of nitrogens with one attached hydrogen (secondary N) is 1. The lowest BCUT2D eigenvalue weighted by Gasteiger charge is -2.13. The molecule has 0 heterocycles. The maximum absolute atomic E-state index is 11.6. The average Bonchev–Trinajstić information content (AvgIpc) is 2.40. The maximum atomic E-state index is 11.6. The summed E-state index contributed by atoms with van der Waals surface area (Å²) in [5, 5.41) is 3.17. The third-order valence-corrected chi connectivity index (χ3v) is 3.24. The quantitative estimate of drug-likeness (QED) is 0.659. The molecule has 1 aromatic rings. The second-order valence-corrected chi connectivity index (χ2v) is 5.06. The Hall–Kier alpha value is -1.53. The summed E-state index contributed by atoms with van der Waals surface area (Å²) >= 11 is 9.45. The number of rotatable bonds is 4. The van der Waals surface area contributed by atoms with Gasteiger partial charge in [-0.1, -0.05) is 11.6 Å². The van der Waals surface area contributed by atoms with Crippen LogP contribution in [-0.4, -0.2) is 26.2 Å². The standard InChI is InChI=1S/C13H13BrClNO4/c1-7-4-8(14)12(9(15)5-7)16-10(13(18)20-3)6-11(17)19-2/h4-6,16H,1-3H3/b10-6+. The zero-order valence-electron chi connectivity index (χ0n) is 11.1. The van der Waals surface area contributed by atoms with Gasteiger partial charge in [-0.15, -0.1) is 0 Å². The molecule has 0 amide bonds. The highest BCUT2D eigenvalue weighted by molar-refractivity contribution is 9.10. The minimum atomic E-state index is -0.709. The first kappa shape index (κ1) is 16.5. The van der Waals surface area contributed by atoms with Crippen LogP contribution >= 0.6 is 27.5 Å². The van der Waals surface area contributed by atoms with Crippen molar-refractivity contribution in [1.82, 2.24) is 0 Å². The molecule has 108 valence electrons. The Morgan fingerprint density at radius 3 is 2.45 bits per heavy atom. The number of anilines is 1. The van der Waals surface area contributed by atoms with Crippen LogP contribution in [0, 0.1) is 6.92 Å². The third-order valence-electron chi connectivity index (χ3n) is 2.31. The van der Waals surface area contributed by atoms with Crippen LogP contribution in [0.3, 0.4) is 0 Å². The molecule has 0 saturated heterocycles. The van der Waals surface area contributed by atoms with E-state index in [9.17, 15) is 9.59 Å². The number of benzene rings is 1. The summed E-state index contributed by atoms with van der Waals surface area (Å²) in [4.78, 5) is 22.9. The van der Waals surface area contributed by atoms with Crippen LogP contribution in [0.5, 0.6) is 0 Å². The van der Waals surface area contributed by atoms with Crippen LogP contribution in [0.4, 0.5) is 5.69 Å². The number of ether oxygens (including phenoxy) is 2. The molecule has 5 nitrogen and oxygen atoms in total. The second kappa shape index (κ2) is 7.31. The molecule has 0 aliphatic rings. The van der Waals surface area contributed by atoms with E-state index in [0.717, 1.165) is 11.6 Å². The number of carbonyl (C=O) groups is 2. The molecule has 20 heavy (non-hydrogen) atoms. The van der Waals surface area contributed by atoms with Crippen LogP contribution in [0.2, 0.25) is 5.02 Å². The van der Waals surface area contributed by atoms with Gasteiger partial charge in [0.1, 0.15) is 5.70 Å². The SMILES string of the molecule is COC(=O)/C=C(/Nc1c(Cl)cc(C)cc1Br)C(=O)OC. The highest BCUT2D eigenvalue weighted by Gasteiger charge is 2.16. The molecule has 1 aromatic carbocycles. The van der Waals surface area contributed by atoms with E-state index in [1.165, 1.54) is 14.2 Å². The van der Waals surface area contributed by atoms with Gasteiger partial charge in [0, 0.05) is 4.47 Å². The molecule has 0 radical (unpaired) electrons. The fraction of sp³-hybridized carbons (Fsp3) is 0.231. The molecule has 0 spiro atoms. The fourth-order valence-electron chi connectivity index (χ4n) is 1.39. The van der Waals surface area contributed by atoms with E-state index >= 15 is 0 Å². The highest BCUT2D eigenvalue weighted by atomic mass is 79.9.